The van der Waals surface area contributed by atoms with Gasteiger partial charge in [-0.1, -0.05) is 0 Å². The predicted molar refractivity (Wildman–Crippen MR) is 61.4 cm³/mol. The number of aliphatic hydroxyl groups excluding tert-OH is 1. The molecule has 5 heteroatoms. The van der Waals surface area contributed by atoms with Crippen LogP contribution in [-0.2, 0) is 6.42 Å². The Bertz CT molecular complexity index is 467. The Labute approximate surface area is 98.0 Å². The van der Waals surface area contributed by atoms with E-state index in [2.05, 4.69) is 36.8 Å². The van der Waals surface area contributed by atoms with Gasteiger partial charge in [-0.3, -0.25) is 0 Å². The molecular formula is C9H8Br2N2O. The monoisotopic (exact) mass is 318 g/mol. The number of pyridine rings is 1. The maximum absolute atomic E-state index is 8.88. The van der Waals surface area contributed by atoms with Crippen molar-refractivity contribution in [3.8, 4) is 0 Å². The molecule has 0 aliphatic carbocycles. The summed E-state index contributed by atoms with van der Waals surface area (Å²) in [7, 11) is 0. The minimum atomic E-state index is 0.109. The zero-order valence-corrected chi connectivity index (χ0v) is 10.4. The number of halogens is 2. The van der Waals surface area contributed by atoms with Crippen LogP contribution in [0, 0.1) is 0 Å². The van der Waals surface area contributed by atoms with Gasteiger partial charge in [0.1, 0.15) is 10.4 Å². The van der Waals surface area contributed by atoms with Crippen LogP contribution in [0.15, 0.2) is 27.4 Å². The second kappa shape index (κ2) is 4.00. The molecule has 0 saturated carbocycles. The van der Waals surface area contributed by atoms with Crippen LogP contribution in [0.2, 0.25) is 0 Å². The lowest BCUT2D eigenvalue weighted by Gasteiger charge is -1.99. The van der Waals surface area contributed by atoms with E-state index in [1.807, 2.05) is 22.7 Å². The van der Waals surface area contributed by atoms with Crippen LogP contribution in [0.25, 0.3) is 5.52 Å². The molecule has 0 aromatic carbocycles. The first-order valence-corrected chi connectivity index (χ1v) is 5.74. The van der Waals surface area contributed by atoms with E-state index in [4.69, 9.17) is 5.11 Å². The van der Waals surface area contributed by atoms with Crippen molar-refractivity contribution in [1.29, 1.82) is 0 Å². The van der Waals surface area contributed by atoms with Crippen LogP contribution in [0.4, 0.5) is 0 Å². The standard InChI is InChI=1S/C9H8Br2N2O/c10-6-1-2-7-9(11)12-8(3-4-14)13(7)5-6/h1-2,5,14H,3-4H2. The third-order valence-electron chi connectivity index (χ3n) is 1.96. The molecule has 0 unspecified atom stereocenters. The van der Waals surface area contributed by atoms with Crippen molar-refractivity contribution in [1.82, 2.24) is 9.38 Å². The predicted octanol–water partition coefficient (Wildman–Crippen LogP) is 2.39. The van der Waals surface area contributed by atoms with E-state index in [1.165, 1.54) is 0 Å². The Morgan fingerprint density at radius 1 is 1.36 bits per heavy atom. The summed E-state index contributed by atoms with van der Waals surface area (Å²) in [5.41, 5.74) is 1.01. The normalized spacial score (nSPS) is 11.1. The van der Waals surface area contributed by atoms with Crippen LogP contribution >= 0.6 is 31.9 Å². The highest BCUT2D eigenvalue weighted by Gasteiger charge is 2.07. The first-order chi connectivity index (χ1) is 6.72. The van der Waals surface area contributed by atoms with Crippen molar-refractivity contribution in [2.45, 2.75) is 6.42 Å². The minimum absolute atomic E-state index is 0.109. The van der Waals surface area contributed by atoms with E-state index in [0.29, 0.717) is 6.42 Å². The highest BCUT2D eigenvalue weighted by molar-refractivity contribution is 9.10. The highest BCUT2D eigenvalue weighted by atomic mass is 79.9. The highest BCUT2D eigenvalue weighted by Crippen LogP contribution is 2.21. The lowest BCUT2D eigenvalue weighted by Crippen LogP contribution is -1.97. The van der Waals surface area contributed by atoms with Gasteiger partial charge >= 0.3 is 0 Å². The fourth-order valence-corrected chi connectivity index (χ4v) is 2.22. The van der Waals surface area contributed by atoms with Crippen LogP contribution in [-0.4, -0.2) is 21.1 Å². The van der Waals surface area contributed by atoms with Gasteiger partial charge in [0.25, 0.3) is 0 Å². The summed E-state index contributed by atoms with van der Waals surface area (Å²) in [5, 5.41) is 8.88. The topological polar surface area (TPSA) is 37.5 Å². The van der Waals surface area contributed by atoms with Gasteiger partial charge in [0.2, 0.25) is 0 Å². The van der Waals surface area contributed by atoms with Crippen LogP contribution in [0.1, 0.15) is 5.82 Å². The summed E-state index contributed by atoms with van der Waals surface area (Å²) in [6.07, 6.45) is 2.50. The molecule has 2 aromatic heterocycles. The smallest absolute Gasteiger partial charge is 0.132 e. The lowest BCUT2D eigenvalue weighted by molar-refractivity contribution is 0.296. The molecule has 0 aliphatic heterocycles. The zero-order valence-electron chi connectivity index (χ0n) is 7.24. The number of imidazole rings is 1. The Hall–Kier alpha value is -0.390. The Kier molecular flexibility index (Phi) is 2.90. The number of aliphatic hydroxyl groups is 1. The molecule has 0 aliphatic rings. The lowest BCUT2D eigenvalue weighted by atomic mass is 10.4. The summed E-state index contributed by atoms with van der Waals surface area (Å²) in [4.78, 5) is 4.32. The van der Waals surface area contributed by atoms with Crippen molar-refractivity contribution in [3.63, 3.8) is 0 Å². The first kappa shape index (κ1) is 10.1. The maximum Gasteiger partial charge on any atom is 0.132 e. The van der Waals surface area contributed by atoms with Gasteiger partial charge < -0.3 is 9.51 Å². The molecule has 0 spiro atoms. The molecule has 0 fully saturated rings. The number of nitrogens with zero attached hydrogens (tertiary/aromatic N) is 2. The summed E-state index contributed by atoms with van der Waals surface area (Å²) in [5.74, 6) is 0.857. The largest absolute Gasteiger partial charge is 0.396 e. The number of fused-ring (bicyclic) bond motifs is 1. The molecule has 0 atom stereocenters. The summed E-state index contributed by atoms with van der Waals surface area (Å²) < 4.78 is 3.77. The van der Waals surface area contributed by atoms with Crippen molar-refractivity contribution < 1.29 is 5.11 Å². The summed E-state index contributed by atoms with van der Waals surface area (Å²) in [6.45, 7) is 0.109. The molecule has 2 rings (SSSR count). The summed E-state index contributed by atoms with van der Waals surface area (Å²) >= 11 is 6.78. The van der Waals surface area contributed by atoms with Gasteiger partial charge in [0, 0.05) is 17.1 Å². The molecule has 0 saturated heterocycles. The second-order valence-electron chi connectivity index (χ2n) is 2.90. The first-order valence-electron chi connectivity index (χ1n) is 4.15. The van der Waals surface area contributed by atoms with Gasteiger partial charge in [0.05, 0.1) is 12.1 Å². The summed E-state index contributed by atoms with van der Waals surface area (Å²) in [6, 6.07) is 3.94. The molecule has 14 heavy (non-hydrogen) atoms. The van der Waals surface area contributed by atoms with E-state index in [1.54, 1.807) is 0 Å². The van der Waals surface area contributed by atoms with Gasteiger partial charge in [-0.05, 0) is 44.0 Å². The molecule has 2 heterocycles. The fourth-order valence-electron chi connectivity index (χ4n) is 1.36. The number of rotatable bonds is 2. The van der Waals surface area contributed by atoms with E-state index in [9.17, 15) is 0 Å². The van der Waals surface area contributed by atoms with Gasteiger partial charge in [-0.25, -0.2) is 4.98 Å². The Morgan fingerprint density at radius 3 is 2.86 bits per heavy atom. The van der Waals surface area contributed by atoms with Gasteiger partial charge in [-0.15, -0.1) is 0 Å². The Balaban J connectivity index is 2.66. The van der Waals surface area contributed by atoms with Crippen molar-refractivity contribution >= 4 is 37.4 Å². The van der Waals surface area contributed by atoms with Crippen molar-refractivity contribution in [2.75, 3.05) is 6.61 Å². The van der Waals surface area contributed by atoms with Crippen LogP contribution in [0.5, 0.6) is 0 Å². The molecule has 3 nitrogen and oxygen atoms in total. The van der Waals surface area contributed by atoms with E-state index < -0.39 is 0 Å². The van der Waals surface area contributed by atoms with Crippen molar-refractivity contribution in [3.05, 3.63) is 33.2 Å². The molecule has 2 aromatic rings. The number of aromatic nitrogens is 2. The fraction of sp³-hybridized carbons (Fsp3) is 0.222. The zero-order chi connectivity index (χ0) is 10.1. The molecule has 0 bridgehead atoms. The van der Waals surface area contributed by atoms with Crippen molar-refractivity contribution in [2.24, 2.45) is 0 Å². The molecule has 74 valence electrons. The van der Waals surface area contributed by atoms with Gasteiger partial charge in [0.15, 0.2) is 0 Å². The molecule has 1 N–H and O–H groups in total. The third kappa shape index (κ3) is 1.71. The Morgan fingerprint density at radius 2 is 2.14 bits per heavy atom. The van der Waals surface area contributed by atoms with Gasteiger partial charge in [-0.2, -0.15) is 0 Å². The molecule has 0 radical (unpaired) electrons. The van der Waals surface area contributed by atoms with Crippen LogP contribution < -0.4 is 0 Å². The average Bonchev–Trinajstić information content (AvgIpc) is 2.44. The maximum atomic E-state index is 8.88. The SMILES string of the molecule is OCCc1nc(Br)c2ccc(Br)cn12. The van der Waals surface area contributed by atoms with Crippen LogP contribution in [0.3, 0.4) is 0 Å². The molecular weight excluding hydrogens is 312 g/mol. The number of hydrogen-bond acceptors (Lipinski definition) is 2. The minimum Gasteiger partial charge on any atom is -0.396 e. The van der Waals surface area contributed by atoms with E-state index >= 15 is 0 Å². The second-order valence-corrected chi connectivity index (χ2v) is 4.56. The number of hydrogen-bond donors (Lipinski definition) is 1. The average molecular weight is 320 g/mol. The quantitative estimate of drug-likeness (QED) is 0.923. The van der Waals surface area contributed by atoms with E-state index in [0.717, 1.165) is 20.4 Å². The third-order valence-corrected chi connectivity index (χ3v) is 3.02. The molecule has 0 amide bonds. The van der Waals surface area contributed by atoms with E-state index in [-0.39, 0.29) is 6.61 Å².